The summed E-state index contributed by atoms with van der Waals surface area (Å²) in [5, 5.41) is 5.05. The average molecular weight is 561 g/mol. The van der Waals surface area contributed by atoms with Gasteiger partial charge in [0.2, 0.25) is 0 Å². The van der Waals surface area contributed by atoms with Crippen LogP contribution in [0.1, 0.15) is 0 Å². The van der Waals surface area contributed by atoms with Gasteiger partial charge in [0.15, 0.2) is 0 Å². The fraction of sp³-hybridized carbons (Fsp3) is 0. The van der Waals surface area contributed by atoms with Crippen molar-refractivity contribution in [2.75, 3.05) is 0 Å². The molecule has 206 valence electrons. The first-order chi connectivity index (χ1) is 21.9. The van der Waals surface area contributed by atoms with E-state index >= 15 is 0 Å². The quantitative estimate of drug-likeness (QED) is 0.203. The first kappa shape index (κ1) is 24.7. The maximum Gasteiger partial charge on any atom is 0.0547 e. The van der Waals surface area contributed by atoms with Gasteiger partial charge in [-0.3, -0.25) is 0 Å². The van der Waals surface area contributed by atoms with Gasteiger partial charge < -0.3 is 9.13 Å². The summed E-state index contributed by atoms with van der Waals surface area (Å²) in [5.41, 5.74) is 12.1. The Bertz CT molecular complexity index is 2470. The number of hydrogen-bond acceptors (Lipinski definition) is 0. The zero-order valence-corrected chi connectivity index (χ0v) is 24.1. The summed E-state index contributed by atoms with van der Waals surface area (Å²) >= 11 is 0. The molecule has 0 fully saturated rings. The van der Waals surface area contributed by atoms with Gasteiger partial charge in [-0.25, -0.2) is 0 Å². The molecule has 9 aromatic rings. The number of benzene rings is 7. The van der Waals surface area contributed by atoms with Gasteiger partial charge in [0.1, 0.15) is 0 Å². The summed E-state index contributed by atoms with van der Waals surface area (Å²) in [6.45, 7) is 0. The molecule has 44 heavy (non-hydrogen) atoms. The van der Waals surface area contributed by atoms with Crippen molar-refractivity contribution < 1.29 is 0 Å². The van der Waals surface area contributed by atoms with Crippen LogP contribution in [0.5, 0.6) is 0 Å². The predicted octanol–water partition coefficient (Wildman–Crippen LogP) is 11.2. The average Bonchev–Trinajstić information content (AvgIpc) is 3.61. The van der Waals surface area contributed by atoms with Crippen molar-refractivity contribution in [1.82, 2.24) is 9.13 Å². The van der Waals surface area contributed by atoms with Crippen LogP contribution < -0.4 is 0 Å². The van der Waals surface area contributed by atoms with E-state index in [1.54, 1.807) is 0 Å². The molecule has 0 atom stereocenters. The Morgan fingerprint density at radius 1 is 0.318 bits per heavy atom. The highest BCUT2D eigenvalue weighted by molar-refractivity contribution is 6.19. The Labute approximate surface area is 255 Å². The molecule has 0 aliphatic heterocycles. The highest BCUT2D eigenvalue weighted by Gasteiger charge is 2.21. The molecule has 0 saturated heterocycles. The smallest absolute Gasteiger partial charge is 0.0547 e. The maximum absolute atomic E-state index is 2.41. The van der Waals surface area contributed by atoms with E-state index in [4.69, 9.17) is 0 Å². The zero-order chi connectivity index (χ0) is 29.0. The Hall–Kier alpha value is -5.86. The van der Waals surface area contributed by atoms with E-state index in [0.29, 0.717) is 0 Å². The molecule has 2 heterocycles. The summed E-state index contributed by atoms with van der Waals surface area (Å²) < 4.78 is 4.81. The third-order valence-electron chi connectivity index (χ3n) is 8.91. The molecule has 0 radical (unpaired) electrons. The highest BCUT2D eigenvalue weighted by atomic mass is 15.0. The molecule has 2 heteroatoms. The van der Waals surface area contributed by atoms with Gasteiger partial charge in [0.05, 0.1) is 22.1 Å². The molecule has 0 bridgehead atoms. The van der Waals surface area contributed by atoms with Crippen LogP contribution in [0.15, 0.2) is 170 Å². The molecule has 7 aromatic carbocycles. The molecular weight excluding hydrogens is 532 g/mol. The van der Waals surface area contributed by atoms with Crippen molar-refractivity contribution in [3.63, 3.8) is 0 Å². The first-order valence-corrected chi connectivity index (χ1v) is 15.1. The van der Waals surface area contributed by atoms with E-state index < -0.39 is 0 Å². The number of fused-ring (bicyclic) bond motifs is 6. The molecule has 2 aromatic heterocycles. The van der Waals surface area contributed by atoms with Crippen LogP contribution in [0.3, 0.4) is 0 Å². The molecule has 0 aliphatic carbocycles. The lowest BCUT2D eigenvalue weighted by atomic mass is 9.90. The van der Waals surface area contributed by atoms with Gasteiger partial charge in [0.25, 0.3) is 0 Å². The van der Waals surface area contributed by atoms with Gasteiger partial charge in [-0.15, -0.1) is 0 Å². The van der Waals surface area contributed by atoms with Crippen molar-refractivity contribution in [2.24, 2.45) is 0 Å². The number of aromatic nitrogens is 2. The maximum atomic E-state index is 2.41. The summed E-state index contributed by atoms with van der Waals surface area (Å²) in [4.78, 5) is 0. The monoisotopic (exact) mass is 560 g/mol. The van der Waals surface area contributed by atoms with Crippen LogP contribution in [-0.4, -0.2) is 9.13 Å². The Morgan fingerprint density at radius 2 is 0.841 bits per heavy atom. The van der Waals surface area contributed by atoms with E-state index in [0.717, 1.165) is 11.4 Å². The van der Waals surface area contributed by atoms with Crippen LogP contribution in [0.4, 0.5) is 0 Å². The standard InChI is InChI=1S/C42H28N2/c1-4-14-29(15-5-1)33-26-27-39-42(36-21-11-13-23-38(36)43(39)31-16-6-2-7-17-31)41(33)30-24-25-35-34-20-10-12-22-37(34)44(40(35)28-30)32-18-8-3-9-19-32/h1-28H. The number of para-hydroxylation sites is 4. The van der Waals surface area contributed by atoms with E-state index in [1.165, 1.54) is 65.9 Å². The van der Waals surface area contributed by atoms with Crippen LogP contribution in [0.2, 0.25) is 0 Å². The molecule has 0 aliphatic rings. The molecule has 0 spiro atoms. The Morgan fingerprint density at radius 3 is 1.52 bits per heavy atom. The summed E-state index contributed by atoms with van der Waals surface area (Å²) in [7, 11) is 0. The second kappa shape index (κ2) is 9.86. The van der Waals surface area contributed by atoms with Crippen LogP contribution in [-0.2, 0) is 0 Å². The fourth-order valence-electron chi connectivity index (χ4n) is 7.06. The Kier molecular flexibility index (Phi) is 5.54. The third kappa shape index (κ3) is 3.68. The van der Waals surface area contributed by atoms with Crippen molar-refractivity contribution in [3.05, 3.63) is 170 Å². The minimum atomic E-state index is 1.16. The highest BCUT2D eigenvalue weighted by Crippen LogP contribution is 2.45. The summed E-state index contributed by atoms with van der Waals surface area (Å²) in [6, 6.07) is 61.4. The largest absolute Gasteiger partial charge is 0.309 e. The van der Waals surface area contributed by atoms with Crippen molar-refractivity contribution in [3.8, 4) is 33.6 Å². The lowest BCUT2D eigenvalue weighted by molar-refractivity contribution is 1.18. The third-order valence-corrected chi connectivity index (χ3v) is 8.91. The minimum absolute atomic E-state index is 1.16. The molecule has 0 amide bonds. The molecule has 0 saturated carbocycles. The first-order valence-electron chi connectivity index (χ1n) is 15.1. The van der Waals surface area contributed by atoms with Gasteiger partial charge in [0, 0.05) is 32.9 Å². The van der Waals surface area contributed by atoms with Crippen LogP contribution in [0, 0.1) is 0 Å². The number of hydrogen-bond donors (Lipinski definition) is 0. The molecular formula is C42H28N2. The molecule has 9 rings (SSSR count). The topological polar surface area (TPSA) is 9.86 Å². The van der Waals surface area contributed by atoms with Crippen LogP contribution in [0.25, 0.3) is 77.2 Å². The van der Waals surface area contributed by atoms with Gasteiger partial charge >= 0.3 is 0 Å². The van der Waals surface area contributed by atoms with Crippen molar-refractivity contribution >= 4 is 43.6 Å². The minimum Gasteiger partial charge on any atom is -0.309 e. The number of rotatable bonds is 4. The predicted molar refractivity (Wildman–Crippen MR) is 186 cm³/mol. The van der Waals surface area contributed by atoms with E-state index in [9.17, 15) is 0 Å². The second-order valence-electron chi connectivity index (χ2n) is 11.4. The molecule has 0 N–H and O–H groups in total. The molecule has 0 unspecified atom stereocenters. The number of nitrogens with zero attached hydrogens (tertiary/aromatic N) is 2. The summed E-state index contributed by atoms with van der Waals surface area (Å²) in [6.07, 6.45) is 0. The van der Waals surface area contributed by atoms with Gasteiger partial charge in [-0.2, -0.15) is 0 Å². The van der Waals surface area contributed by atoms with Crippen molar-refractivity contribution in [2.45, 2.75) is 0 Å². The second-order valence-corrected chi connectivity index (χ2v) is 11.4. The SMILES string of the molecule is c1ccc(-c2ccc3c(c2-c2ccc4c5ccccc5n(-c5ccccc5)c4c2)c2ccccc2n3-c2ccccc2)cc1. The molecule has 2 nitrogen and oxygen atoms in total. The van der Waals surface area contributed by atoms with Gasteiger partial charge in [-0.05, 0) is 70.8 Å². The fourth-order valence-corrected chi connectivity index (χ4v) is 7.06. The van der Waals surface area contributed by atoms with Crippen LogP contribution >= 0.6 is 0 Å². The van der Waals surface area contributed by atoms with Crippen molar-refractivity contribution in [1.29, 1.82) is 0 Å². The van der Waals surface area contributed by atoms with E-state index in [-0.39, 0.29) is 0 Å². The Balaban J connectivity index is 1.44. The normalized spacial score (nSPS) is 11.6. The summed E-state index contributed by atoms with van der Waals surface area (Å²) in [5.74, 6) is 0. The lowest BCUT2D eigenvalue weighted by Crippen LogP contribution is -1.95. The lowest BCUT2D eigenvalue weighted by Gasteiger charge is -2.15. The zero-order valence-electron chi connectivity index (χ0n) is 24.1. The van der Waals surface area contributed by atoms with E-state index in [2.05, 4.69) is 179 Å². The van der Waals surface area contributed by atoms with E-state index in [1.807, 2.05) is 0 Å². The van der Waals surface area contributed by atoms with Gasteiger partial charge in [-0.1, -0.05) is 121 Å².